The van der Waals surface area contributed by atoms with Gasteiger partial charge in [0.15, 0.2) is 0 Å². The van der Waals surface area contributed by atoms with Crippen molar-refractivity contribution in [2.75, 3.05) is 6.54 Å². The number of aromatic nitrogens is 2. The van der Waals surface area contributed by atoms with Gasteiger partial charge in [-0.25, -0.2) is 0 Å². The minimum absolute atomic E-state index is 0.386. The van der Waals surface area contributed by atoms with Gasteiger partial charge in [0.2, 0.25) is 0 Å². The van der Waals surface area contributed by atoms with Gasteiger partial charge in [0.25, 0.3) is 0 Å². The van der Waals surface area contributed by atoms with Gasteiger partial charge in [-0.3, -0.25) is 10.00 Å². The van der Waals surface area contributed by atoms with Crippen LogP contribution in [0.1, 0.15) is 18.0 Å². The van der Waals surface area contributed by atoms with Crippen LogP contribution in [0.5, 0.6) is 0 Å². The molecule has 1 saturated heterocycles. The lowest BCUT2D eigenvalue weighted by atomic mass is 10.4. The topological polar surface area (TPSA) is 29.9 Å². The highest BCUT2D eigenvalue weighted by atomic mass is 79.9. The van der Waals surface area contributed by atoms with Crippen molar-refractivity contribution in [1.82, 2.24) is 15.1 Å². The Balaban J connectivity index is 2.25. The highest BCUT2D eigenvalue weighted by Crippen LogP contribution is 2.37. The van der Waals surface area contributed by atoms with E-state index in [4.69, 9.17) is 0 Å². The molecule has 72 valence electrons. The molecule has 1 N–H and O–H groups in total. The van der Waals surface area contributed by atoms with E-state index in [1.807, 2.05) is 29.7 Å². The monoisotopic (exact) mass is 261 g/mol. The minimum Gasteiger partial charge on any atom is -0.299 e. The molecule has 0 saturated carbocycles. The second-order valence-corrected chi connectivity index (χ2v) is 5.64. The minimum atomic E-state index is 0.386. The Morgan fingerprint density at radius 3 is 3.00 bits per heavy atom. The molecule has 0 amide bonds. The Hall–Kier alpha value is -0.000000000000000111. The van der Waals surface area contributed by atoms with Crippen LogP contribution in [0.25, 0.3) is 0 Å². The molecule has 2 unspecified atom stereocenters. The molecule has 1 aliphatic rings. The number of nitrogens with one attached hydrogen (secondary N) is 1. The predicted octanol–water partition coefficient (Wildman–Crippen LogP) is 1.91. The number of aryl methyl sites for hydroxylation is 1. The molecule has 0 aliphatic carbocycles. The third-order valence-electron chi connectivity index (χ3n) is 2.15. The number of hydrogen-bond donors (Lipinski definition) is 1. The van der Waals surface area contributed by atoms with Gasteiger partial charge in [-0.05, 0) is 15.9 Å². The summed E-state index contributed by atoms with van der Waals surface area (Å²) in [5, 5.41) is 8.74. The van der Waals surface area contributed by atoms with E-state index < -0.39 is 0 Å². The molecule has 0 radical (unpaired) electrons. The first kappa shape index (κ1) is 9.55. The normalized spacial score (nSPS) is 28.2. The van der Waals surface area contributed by atoms with Crippen molar-refractivity contribution < 1.29 is 0 Å². The Morgan fingerprint density at radius 1 is 1.77 bits per heavy atom. The van der Waals surface area contributed by atoms with E-state index >= 15 is 0 Å². The Labute approximate surface area is 90.4 Å². The number of halogens is 1. The summed E-state index contributed by atoms with van der Waals surface area (Å²) in [7, 11) is 1.98. The quantitative estimate of drug-likeness (QED) is 0.838. The Kier molecular flexibility index (Phi) is 2.67. The lowest BCUT2D eigenvalue weighted by molar-refractivity contribution is 0.640. The smallest absolute Gasteiger partial charge is 0.0973 e. The molecule has 13 heavy (non-hydrogen) atoms. The molecule has 1 aromatic heterocycles. The van der Waals surface area contributed by atoms with Crippen molar-refractivity contribution in [1.29, 1.82) is 0 Å². The van der Waals surface area contributed by atoms with Crippen molar-refractivity contribution in [3.63, 3.8) is 0 Å². The molecule has 1 aromatic rings. The summed E-state index contributed by atoms with van der Waals surface area (Å²) >= 11 is 5.46. The average Bonchev–Trinajstić information content (AvgIpc) is 2.60. The van der Waals surface area contributed by atoms with E-state index in [-0.39, 0.29) is 0 Å². The fourth-order valence-corrected chi connectivity index (χ4v) is 3.46. The molecule has 2 atom stereocenters. The zero-order chi connectivity index (χ0) is 9.42. The van der Waals surface area contributed by atoms with E-state index in [2.05, 4.69) is 33.3 Å². The number of nitrogens with zero attached hydrogens (tertiary/aromatic N) is 2. The van der Waals surface area contributed by atoms with Gasteiger partial charge in [-0.1, -0.05) is 6.92 Å². The third kappa shape index (κ3) is 1.78. The molecular formula is C8H12BrN3S. The second-order valence-electron chi connectivity index (χ2n) is 3.24. The largest absolute Gasteiger partial charge is 0.299 e. The van der Waals surface area contributed by atoms with E-state index in [9.17, 15) is 0 Å². The maximum absolute atomic E-state index is 4.20. The van der Waals surface area contributed by atoms with Crippen LogP contribution in [0, 0.1) is 0 Å². The maximum Gasteiger partial charge on any atom is 0.0973 e. The fraction of sp³-hybridized carbons (Fsp3) is 0.625. The van der Waals surface area contributed by atoms with E-state index in [0.717, 1.165) is 11.0 Å². The summed E-state index contributed by atoms with van der Waals surface area (Å²) in [6, 6.07) is 0. The van der Waals surface area contributed by atoms with Crippen LogP contribution in [0.15, 0.2) is 10.7 Å². The molecule has 1 fully saturated rings. The highest BCUT2D eigenvalue weighted by Gasteiger charge is 2.26. The first-order valence-corrected chi connectivity index (χ1v) is 5.98. The average molecular weight is 262 g/mol. The molecule has 0 aromatic carbocycles. The summed E-state index contributed by atoms with van der Waals surface area (Å²) in [4.78, 5) is 0. The maximum atomic E-state index is 4.20. The van der Waals surface area contributed by atoms with Crippen LogP contribution in [0.3, 0.4) is 0 Å². The summed E-state index contributed by atoms with van der Waals surface area (Å²) < 4.78 is 3.02. The van der Waals surface area contributed by atoms with Gasteiger partial charge in [-0.15, -0.1) is 11.8 Å². The van der Waals surface area contributed by atoms with Gasteiger partial charge < -0.3 is 0 Å². The van der Waals surface area contributed by atoms with E-state index in [1.54, 1.807) is 0 Å². The van der Waals surface area contributed by atoms with Crippen molar-refractivity contribution in [2.45, 2.75) is 17.5 Å². The van der Waals surface area contributed by atoms with Crippen molar-refractivity contribution >= 4 is 27.7 Å². The molecule has 2 rings (SSSR count). The van der Waals surface area contributed by atoms with E-state index in [0.29, 0.717) is 10.6 Å². The van der Waals surface area contributed by atoms with Crippen molar-refractivity contribution in [3.05, 3.63) is 16.4 Å². The Bertz CT molecular complexity index is 293. The fourth-order valence-electron chi connectivity index (χ4n) is 1.48. The standard InChI is InChI=1S/C8H12BrN3S/c1-5-3-10-8(13-5)7-6(9)4-11-12(7)2/h4-5,8,10H,3H2,1-2H3. The zero-order valence-corrected chi connectivity index (χ0v) is 10.0. The number of hydrogen-bond acceptors (Lipinski definition) is 3. The molecule has 2 heterocycles. The van der Waals surface area contributed by atoms with Crippen LogP contribution in [0.4, 0.5) is 0 Å². The molecule has 1 aliphatic heterocycles. The van der Waals surface area contributed by atoms with Crippen LogP contribution >= 0.6 is 27.7 Å². The molecule has 3 nitrogen and oxygen atoms in total. The third-order valence-corrected chi connectivity index (χ3v) is 4.05. The number of rotatable bonds is 1. The van der Waals surface area contributed by atoms with Crippen LogP contribution in [-0.2, 0) is 7.05 Å². The lowest BCUT2D eigenvalue weighted by Gasteiger charge is -2.10. The van der Waals surface area contributed by atoms with Crippen molar-refractivity contribution in [2.24, 2.45) is 7.05 Å². The first-order valence-electron chi connectivity index (χ1n) is 4.24. The SMILES string of the molecule is CC1CNC(c2c(Br)cnn2C)S1. The highest BCUT2D eigenvalue weighted by molar-refractivity contribution is 9.10. The summed E-state index contributed by atoms with van der Waals surface area (Å²) in [6.45, 7) is 3.31. The second kappa shape index (κ2) is 3.63. The molecule has 0 spiro atoms. The van der Waals surface area contributed by atoms with E-state index in [1.165, 1.54) is 5.69 Å². The Morgan fingerprint density at radius 2 is 2.54 bits per heavy atom. The van der Waals surface area contributed by atoms with Gasteiger partial charge in [0.05, 0.1) is 21.7 Å². The lowest BCUT2D eigenvalue weighted by Crippen LogP contribution is -2.16. The van der Waals surface area contributed by atoms with Gasteiger partial charge >= 0.3 is 0 Å². The van der Waals surface area contributed by atoms with Gasteiger partial charge in [0, 0.05) is 18.8 Å². The van der Waals surface area contributed by atoms with Crippen LogP contribution < -0.4 is 5.32 Å². The van der Waals surface area contributed by atoms with Crippen molar-refractivity contribution in [3.8, 4) is 0 Å². The van der Waals surface area contributed by atoms with Gasteiger partial charge in [-0.2, -0.15) is 5.10 Å². The van der Waals surface area contributed by atoms with Gasteiger partial charge in [0.1, 0.15) is 0 Å². The summed E-state index contributed by atoms with van der Waals surface area (Å²) in [6.07, 6.45) is 1.85. The molecule has 0 bridgehead atoms. The summed E-state index contributed by atoms with van der Waals surface area (Å²) in [5.41, 5.74) is 1.23. The zero-order valence-electron chi connectivity index (χ0n) is 7.62. The number of thioether (sulfide) groups is 1. The molecular weight excluding hydrogens is 250 g/mol. The predicted molar refractivity (Wildman–Crippen MR) is 58.7 cm³/mol. The summed E-state index contributed by atoms with van der Waals surface area (Å²) in [5.74, 6) is 0. The first-order chi connectivity index (χ1) is 6.18. The van der Waals surface area contributed by atoms with Crippen LogP contribution in [0.2, 0.25) is 0 Å². The molecule has 5 heteroatoms. The van der Waals surface area contributed by atoms with Crippen LogP contribution in [-0.4, -0.2) is 21.6 Å².